The minimum Gasteiger partial charge on any atom is -0.265 e. The molecule has 0 saturated carbocycles. The first kappa shape index (κ1) is 32.7. The van der Waals surface area contributed by atoms with Crippen molar-refractivity contribution in [1.82, 2.24) is 24.9 Å². The van der Waals surface area contributed by atoms with Crippen LogP contribution >= 0.6 is 0 Å². The van der Waals surface area contributed by atoms with Crippen LogP contribution in [0.4, 0.5) is 0 Å². The first-order valence-electron chi connectivity index (χ1n) is 18.3. The summed E-state index contributed by atoms with van der Waals surface area (Å²) in [6.45, 7) is 0. The number of pyridine rings is 5. The number of benzene rings is 5. The number of hydrogen-bond acceptors (Lipinski definition) is 6. The molecule has 0 atom stereocenters. The maximum atomic E-state index is 9.23. The van der Waals surface area contributed by atoms with Crippen LogP contribution in [0.15, 0.2) is 183 Å². The Balaban J connectivity index is 1.12. The van der Waals surface area contributed by atoms with Crippen molar-refractivity contribution in [2.24, 2.45) is 0 Å². The summed E-state index contributed by atoms with van der Waals surface area (Å²) in [6, 6.07) is 52.3. The Morgan fingerprint density at radius 2 is 0.857 bits per heavy atom. The molecule has 10 aromatic rings. The lowest BCUT2D eigenvalue weighted by Crippen LogP contribution is -1.93. The molecule has 0 amide bonds. The van der Waals surface area contributed by atoms with Gasteiger partial charge in [-0.1, -0.05) is 66.7 Å². The van der Waals surface area contributed by atoms with Crippen LogP contribution in [0.25, 0.3) is 99.6 Å². The summed E-state index contributed by atoms with van der Waals surface area (Å²) in [4.78, 5) is 23.5. The number of nitriles is 1. The summed E-state index contributed by atoms with van der Waals surface area (Å²) >= 11 is 0. The molecule has 260 valence electrons. The van der Waals surface area contributed by atoms with Crippen LogP contribution in [0.5, 0.6) is 0 Å². The Morgan fingerprint density at radius 3 is 1.41 bits per heavy atom. The van der Waals surface area contributed by atoms with E-state index >= 15 is 0 Å². The van der Waals surface area contributed by atoms with Gasteiger partial charge in [-0.25, -0.2) is 4.98 Å². The third kappa shape index (κ3) is 5.90. The maximum Gasteiger partial charge on any atom is 0.0991 e. The number of nitrogens with zero attached hydrogens (tertiary/aromatic N) is 6. The average Bonchev–Trinajstić information content (AvgIpc) is 3.29. The molecule has 56 heavy (non-hydrogen) atoms. The van der Waals surface area contributed by atoms with Crippen molar-refractivity contribution in [1.29, 1.82) is 5.26 Å². The van der Waals surface area contributed by atoms with Gasteiger partial charge in [-0.2, -0.15) is 5.26 Å². The molecule has 5 aromatic carbocycles. The van der Waals surface area contributed by atoms with Gasteiger partial charge in [-0.05, 0) is 123 Å². The van der Waals surface area contributed by atoms with Gasteiger partial charge in [0.2, 0.25) is 0 Å². The summed E-state index contributed by atoms with van der Waals surface area (Å²) in [6.07, 6.45) is 10.9. The lowest BCUT2D eigenvalue weighted by Gasteiger charge is -2.16. The molecular weight excluding hydrogens is 685 g/mol. The van der Waals surface area contributed by atoms with E-state index in [9.17, 15) is 5.26 Å². The van der Waals surface area contributed by atoms with Gasteiger partial charge in [0.25, 0.3) is 0 Å². The van der Waals surface area contributed by atoms with Crippen molar-refractivity contribution >= 4 is 32.6 Å². The predicted octanol–water partition coefficient (Wildman–Crippen LogP) is 12.0. The largest absolute Gasteiger partial charge is 0.265 e. The van der Waals surface area contributed by atoms with Gasteiger partial charge in [0.1, 0.15) is 0 Å². The first-order chi connectivity index (χ1) is 27.7. The van der Waals surface area contributed by atoms with Crippen LogP contribution in [-0.2, 0) is 0 Å². The number of hydrogen-bond donors (Lipinski definition) is 0. The fourth-order valence-electron chi connectivity index (χ4n) is 7.63. The minimum atomic E-state index is 0.650. The lowest BCUT2D eigenvalue weighted by atomic mass is 9.90. The Labute approximate surface area is 323 Å². The van der Waals surface area contributed by atoms with Gasteiger partial charge < -0.3 is 0 Å². The summed E-state index contributed by atoms with van der Waals surface area (Å²) in [5.41, 5.74) is 14.8. The highest BCUT2D eigenvalue weighted by Gasteiger charge is 2.17. The van der Waals surface area contributed by atoms with Crippen molar-refractivity contribution < 1.29 is 0 Å². The molecule has 0 saturated heterocycles. The standard InChI is InChI=1S/C50H30N6/c51-31-32-8-10-33(11-9-32)34-12-14-35(15-13-34)43-29-45-42-7-3-21-55-50(42)44(30-46(45)41-6-2-20-54-49(41)43)39-5-1-4-38(26-39)40-27-47(36-16-22-52-23-17-36)56-48(28-40)37-18-24-53-25-19-37/h1-30H. The molecule has 0 radical (unpaired) electrons. The van der Waals surface area contributed by atoms with E-state index in [1.165, 1.54) is 0 Å². The van der Waals surface area contributed by atoms with Gasteiger partial charge in [-0.15, -0.1) is 0 Å². The third-order valence-electron chi connectivity index (χ3n) is 10.4. The van der Waals surface area contributed by atoms with Crippen LogP contribution < -0.4 is 0 Å². The molecule has 5 aromatic heterocycles. The van der Waals surface area contributed by atoms with E-state index in [1.807, 2.05) is 73.1 Å². The summed E-state index contributed by atoms with van der Waals surface area (Å²) in [7, 11) is 0. The zero-order valence-electron chi connectivity index (χ0n) is 30.0. The Kier molecular flexibility index (Phi) is 8.09. The van der Waals surface area contributed by atoms with E-state index in [1.54, 1.807) is 24.8 Å². The van der Waals surface area contributed by atoms with Crippen molar-refractivity contribution in [3.63, 3.8) is 0 Å². The van der Waals surface area contributed by atoms with Crippen molar-refractivity contribution in [2.75, 3.05) is 0 Å². The zero-order valence-corrected chi connectivity index (χ0v) is 30.0. The Hall–Kier alpha value is -7.88. The number of rotatable bonds is 6. The van der Waals surface area contributed by atoms with Crippen LogP contribution in [-0.4, -0.2) is 24.9 Å². The second-order valence-corrected chi connectivity index (χ2v) is 13.7. The van der Waals surface area contributed by atoms with Gasteiger partial charge in [0, 0.05) is 70.2 Å². The molecule has 0 aliphatic rings. The van der Waals surface area contributed by atoms with E-state index < -0.39 is 0 Å². The van der Waals surface area contributed by atoms with Gasteiger partial charge in [-0.3, -0.25) is 19.9 Å². The van der Waals surface area contributed by atoms with Gasteiger partial charge >= 0.3 is 0 Å². The van der Waals surface area contributed by atoms with E-state index in [-0.39, 0.29) is 0 Å². The summed E-state index contributed by atoms with van der Waals surface area (Å²) < 4.78 is 0. The van der Waals surface area contributed by atoms with Gasteiger partial charge in [0.15, 0.2) is 0 Å². The molecule has 0 aliphatic heterocycles. The topological polar surface area (TPSA) is 88.2 Å². The molecule has 0 bridgehead atoms. The highest BCUT2D eigenvalue weighted by Crippen LogP contribution is 2.42. The second-order valence-electron chi connectivity index (χ2n) is 13.7. The van der Waals surface area contributed by atoms with Crippen LogP contribution in [0.2, 0.25) is 0 Å². The van der Waals surface area contributed by atoms with E-state index in [0.717, 1.165) is 99.6 Å². The molecule has 10 rings (SSSR count). The number of fused-ring (bicyclic) bond motifs is 5. The maximum absolute atomic E-state index is 9.23. The Morgan fingerprint density at radius 1 is 0.357 bits per heavy atom. The highest BCUT2D eigenvalue weighted by molar-refractivity contribution is 6.22. The molecule has 0 aliphatic carbocycles. The van der Waals surface area contributed by atoms with Gasteiger partial charge in [0.05, 0.1) is 34.1 Å². The first-order valence-corrected chi connectivity index (χ1v) is 18.3. The second kappa shape index (κ2) is 13.8. The van der Waals surface area contributed by atoms with E-state index in [0.29, 0.717) is 5.56 Å². The van der Waals surface area contributed by atoms with Crippen molar-refractivity contribution in [2.45, 2.75) is 0 Å². The monoisotopic (exact) mass is 714 g/mol. The normalized spacial score (nSPS) is 11.2. The molecule has 6 nitrogen and oxygen atoms in total. The SMILES string of the molecule is N#Cc1ccc(-c2ccc(-c3cc4c5cccnc5c(-c5cccc(-c6cc(-c7ccncc7)nc(-c7ccncc7)c6)c5)cc4c4cccnc34)cc2)cc1. The molecule has 0 unspecified atom stereocenters. The van der Waals surface area contributed by atoms with Crippen LogP contribution in [0, 0.1) is 11.3 Å². The minimum absolute atomic E-state index is 0.650. The van der Waals surface area contributed by atoms with E-state index in [4.69, 9.17) is 15.0 Å². The smallest absolute Gasteiger partial charge is 0.0991 e. The zero-order chi connectivity index (χ0) is 37.4. The van der Waals surface area contributed by atoms with Crippen molar-refractivity contribution in [3.05, 3.63) is 188 Å². The quantitative estimate of drug-likeness (QED) is 0.159. The Bertz CT molecular complexity index is 3060. The molecule has 0 spiro atoms. The fourth-order valence-corrected chi connectivity index (χ4v) is 7.63. The average molecular weight is 715 g/mol. The van der Waals surface area contributed by atoms with Crippen LogP contribution in [0.1, 0.15) is 5.56 Å². The fraction of sp³-hybridized carbons (Fsp3) is 0. The number of aromatic nitrogens is 5. The summed E-state index contributed by atoms with van der Waals surface area (Å²) in [5.74, 6) is 0. The lowest BCUT2D eigenvalue weighted by molar-refractivity contribution is 1.27. The summed E-state index contributed by atoms with van der Waals surface area (Å²) in [5, 5.41) is 13.6. The molecule has 5 heterocycles. The molecule has 0 N–H and O–H groups in total. The van der Waals surface area contributed by atoms with E-state index in [2.05, 4.69) is 101 Å². The molecular formula is C50H30N6. The third-order valence-corrected chi connectivity index (χ3v) is 10.4. The predicted molar refractivity (Wildman–Crippen MR) is 225 cm³/mol. The van der Waals surface area contributed by atoms with Crippen LogP contribution in [0.3, 0.4) is 0 Å². The van der Waals surface area contributed by atoms with Crippen molar-refractivity contribution in [3.8, 4) is 73.1 Å². The molecule has 6 heteroatoms. The molecule has 0 fully saturated rings. The highest BCUT2D eigenvalue weighted by atomic mass is 14.7.